The zero-order chi connectivity index (χ0) is 16.9. The first-order valence-electron chi connectivity index (χ1n) is 8.57. The van der Waals surface area contributed by atoms with E-state index in [4.69, 9.17) is 4.65 Å². The summed E-state index contributed by atoms with van der Waals surface area (Å²) in [6, 6.07) is 11.6. The second-order valence-electron chi connectivity index (χ2n) is 6.21. The number of phenols is 1. The lowest BCUT2D eigenvalue weighted by Gasteiger charge is -2.20. The number of fused-ring (bicyclic) bond motifs is 1. The second kappa shape index (κ2) is 7.69. The molecule has 0 unspecified atom stereocenters. The SMILES string of the molecule is CC/C(=C\c1ccc(O)c2ccccc12)CC[C@@H]1C=CCB(O)O1. The molecule has 0 spiro atoms. The fourth-order valence-electron chi connectivity index (χ4n) is 3.14. The van der Waals surface area contributed by atoms with Crippen molar-refractivity contribution in [3.8, 4) is 5.75 Å². The van der Waals surface area contributed by atoms with E-state index in [1.54, 1.807) is 6.07 Å². The predicted molar refractivity (Wildman–Crippen MR) is 99.9 cm³/mol. The third-order valence-electron chi connectivity index (χ3n) is 4.52. The van der Waals surface area contributed by atoms with E-state index in [9.17, 15) is 10.1 Å². The zero-order valence-electron chi connectivity index (χ0n) is 14.0. The van der Waals surface area contributed by atoms with Gasteiger partial charge in [0.15, 0.2) is 0 Å². The van der Waals surface area contributed by atoms with E-state index in [1.807, 2.05) is 42.5 Å². The fourth-order valence-corrected chi connectivity index (χ4v) is 3.14. The number of allylic oxidation sites excluding steroid dienone is 2. The van der Waals surface area contributed by atoms with Crippen LogP contribution in [0.25, 0.3) is 16.8 Å². The molecule has 1 aliphatic rings. The topological polar surface area (TPSA) is 49.7 Å². The molecule has 3 nitrogen and oxygen atoms in total. The third kappa shape index (κ3) is 3.89. The molecule has 24 heavy (non-hydrogen) atoms. The molecule has 0 saturated carbocycles. The van der Waals surface area contributed by atoms with Crippen LogP contribution in [0.15, 0.2) is 54.1 Å². The normalized spacial score (nSPS) is 18.3. The Bertz CT molecular complexity index is 767. The molecule has 0 fully saturated rings. The Hall–Kier alpha value is -2.04. The minimum atomic E-state index is -0.671. The Kier molecular flexibility index (Phi) is 5.39. The van der Waals surface area contributed by atoms with Gasteiger partial charge in [0.1, 0.15) is 5.75 Å². The van der Waals surface area contributed by atoms with Crippen LogP contribution in [0.5, 0.6) is 5.75 Å². The van der Waals surface area contributed by atoms with Crippen molar-refractivity contribution in [2.75, 3.05) is 0 Å². The molecule has 0 bridgehead atoms. The predicted octanol–water partition coefficient (Wildman–Crippen LogP) is 4.55. The maximum Gasteiger partial charge on any atom is 0.458 e. The Balaban J connectivity index is 1.79. The fraction of sp³-hybridized carbons (Fsp3) is 0.300. The summed E-state index contributed by atoms with van der Waals surface area (Å²) in [6.07, 6.45) is 9.56. The van der Waals surface area contributed by atoms with Gasteiger partial charge in [-0.15, -0.1) is 0 Å². The summed E-state index contributed by atoms with van der Waals surface area (Å²) in [5, 5.41) is 21.5. The molecule has 124 valence electrons. The summed E-state index contributed by atoms with van der Waals surface area (Å²) < 4.78 is 5.53. The van der Waals surface area contributed by atoms with Crippen LogP contribution in [-0.4, -0.2) is 23.4 Å². The molecule has 0 amide bonds. The van der Waals surface area contributed by atoms with Crippen LogP contribution in [0.1, 0.15) is 31.7 Å². The van der Waals surface area contributed by atoms with E-state index in [2.05, 4.69) is 13.0 Å². The first kappa shape index (κ1) is 16.8. The maximum absolute atomic E-state index is 10.0. The highest BCUT2D eigenvalue weighted by Crippen LogP contribution is 2.30. The lowest BCUT2D eigenvalue weighted by Crippen LogP contribution is -2.27. The number of aromatic hydroxyl groups is 1. The van der Waals surface area contributed by atoms with E-state index in [-0.39, 0.29) is 6.10 Å². The summed E-state index contributed by atoms with van der Waals surface area (Å²) in [5.41, 5.74) is 2.46. The van der Waals surface area contributed by atoms with Gasteiger partial charge in [-0.05, 0) is 36.3 Å². The van der Waals surface area contributed by atoms with E-state index in [0.717, 1.165) is 35.6 Å². The molecule has 2 N–H and O–H groups in total. The van der Waals surface area contributed by atoms with Gasteiger partial charge in [0.05, 0.1) is 6.10 Å². The molecule has 1 aliphatic heterocycles. The number of rotatable bonds is 5. The van der Waals surface area contributed by atoms with Crippen LogP contribution in [0.2, 0.25) is 6.32 Å². The van der Waals surface area contributed by atoms with Crippen molar-refractivity contribution in [2.24, 2.45) is 0 Å². The zero-order valence-corrected chi connectivity index (χ0v) is 14.0. The lowest BCUT2D eigenvalue weighted by molar-refractivity contribution is 0.192. The third-order valence-corrected chi connectivity index (χ3v) is 4.52. The van der Waals surface area contributed by atoms with Gasteiger partial charge in [-0.1, -0.05) is 61.1 Å². The van der Waals surface area contributed by atoms with Crippen molar-refractivity contribution < 1.29 is 14.8 Å². The van der Waals surface area contributed by atoms with Gasteiger partial charge in [-0.25, -0.2) is 0 Å². The van der Waals surface area contributed by atoms with Crippen LogP contribution in [0.3, 0.4) is 0 Å². The largest absolute Gasteiger partial charge is 0.507 e. The summed E-state index contributed by atoms with van der Waals surface area (Å²) in [4.78, 5) is 0. The van der Waals surface area contributed by atoms with Gasteiger partial charge < -0.3 is 14.8 Å². The van der Waals surface area contributed by atoms with Gasteiger partial charge in [0.25, 0.3) is 0 Å². The van der Waals surface area contributed by atoms with Crippen molar-refractivity contribution >= 4 is 24.0 Å². The van der Waals surface area contributed by atoms with Gasteiger partial charge >= 0.3 is 7.12 Å². The molecule has 4 heteroatoms. The summed E-state index contributed by atoms with van der Waals surface area (Å²) in [7, 11) is -0.671. The van der Waals surface area contributed by atoms with Crippen LogP contribution in [0.4, 0.5) is 0 Å². The molecule has 0 radical (unpaired) electrons. The number of hydrogen-bond acceptors (Lipinski definition) is 3. The highest BCUT2D eigenvalue weighted by Gasteiger charge is 2.20. The number of phenolic OH excluding ortho intramolecular Hbond substituents is 1. The number of benzene rings is 2. The quantitative estimate of drug-likeness (QED) is 0.627. The minimum absolute atomic E-state index is 0.0136. The van der Waals surface area contributed by atoms with Gasteiger partial charge in [0, 0.05) is 11.7 Å². The van der Waals surface area contributed by atoms with Crippen molar-refractivity contribution in [3.05, 3.63) is 59.7 Å². The van der Waals surface area contributed by atoms with Gasteiger partial charge in [-0.3, -0.25) is 0 Å². The van der Waals surface area contributed by atoms with Crippen molar-refractivity contribution in [3.63, 3.8) is 0 Å². The monoisotopic (exact) mass is 322 g/mol. The van der Waals surface area contributed by atoms with Crippen LogP contribution >= 0.6 is 0 Å². The molecular weight excluding hydrogens is 299 g/mol. The van der Waals surface area contributed by atoms with Crippen molar-refractivity contribution in [1.82, 2.24) is 0 Å². The van der Waals surface area contributed by atoms with Crippen LogP contribution < -0.4 is 0 Å². The molecule has 0 saturated heterocycles. The van der Waals surface area contributed by atoms with Crippen LogP contribution in [-0.2, 0) is 4.65 Å². The average molecular weight is 322 g/mol. The molecule has 1 atom stereocenters. The summed E-state index contributed by atoms with van der Waals surface area (Å²) >= 11 is 0. The Morgan fingerprint density at radius 3 is 2.79 bits per heavy atom. The molecule has 1 heterocycles. The molecular formula is C20H23BO3. The standard InChI is InChI=1S/C20H23BO3/c1-2-15(9-11-17-6-5-13-21(23)24-17)14-16-10-12-20(22)19-8-4-3-7-18(16)19/h3-8,10,12,14,17,22-23H,2,9,11,13H2,1H3/b15-14+/t17-/m0/s1. The van der Waals surface area contributed by atoms with E-state index < -0.39 is 7.12 Å². The highest BCUT2D eigenvalue weighted by molar-refractivity contribution is 6.43. The maximum atomic E-state index is 10.0. The van der Waals surface area contributed by atoms with Gasteiger partial charge in [-0.2, -0.15) is 0 Å². The Labute approximate surface area is 143 Å². The minimum Gasteiger partial charge on any atom is -0.507 e. The Morgan fingerprint density at radius 1 is 1.25 bits per heavy atom. The smallest absolute Gasteiger partial charge is 0.458 e. The first-order valence-corrected chi connectivity index (χ1v) is 8.57. The molecule has 0 aliphatic carbocycles. The van der Waals surface area contributed by atoms with Gasteiger partial charge in [0.2, 0.25) is 0 Å². The lowest BCUT2D eigenvalue weighted by atomic mass is 9.82. The van der Waals surface area contributed by atoms with E-state index in [1.165, 1.54) is 5.57 Å². The molecule has 2 aromatic carbocycles. The average Bonchev–Trinajstić information content (AvgIpc) is 2.61. The molecule has 2 aromatic rings. The van der Waals surface area contributed by atoms with E-state index in [0.29, 0.717) is 12.1 Å². The summed E-state index contributed by atoms with van der Waals surface area (Å²) in [5.74, 6) is 0.315. The highest BCUT2D eigenvalue weighted by atomic mass is 16.5. The molecule has 3 rings (SSSR count). The van der Waals surface area contributed by atoms with Crippen molar-refractivity contribution in [2.45, 2.75) is 38.6 Å². The first-order chi connectivity index (χ1) is 11.7. The summed E-state index contributed by atoms with van der Waals surface area (Å²) in [6.45, 7) is 2.15. The van der Waals surface area contributed by atoms with Crippen LogP contribution in [0, 0.1) is 0 Å². The van der Waals surface area contributed by atoms with Crippen molar-refractivity contribution in [1.29, 1.82) is 0 Å². The molecule has 0 aromatic heterocycles. The second-order valence-corrected chi connectivity index (χ2v) is 6.21. The van der Waals surface area contributed by atoms with E-state index >= 15 is 0 Å². The Morgan fingerprint density at radius 2 is 2.04 bits per heavy atom. The number of hydrogen-bond donors (Lipinski definition) is 2.